The summed E-state index contributed by atoms with van der Waals surface area (Å²) in [7, 11) is 0. The van der Waals surface area contributed by atoms with E-state index in [1.54, 1.807) is 18.2 Å². The molecule has 1 amide bonds. The van der Waals surface area contributed by atoms with Crippen LogP contribution in [0.5, 0.6) is 0 Å². The highest BCUT2D eigenvalue weighted by molar-refractivity contribution is 6.31. The first-order valence-corrected chi connectivity index (χ1v) is 7.87. The van der Waals surface area contributed by atoms with Gasteiger partial charge in [0, 0.05) is 10.6 Å². The molecular formula is C18H19ClN3O+. The summed E-state index contributed by atoms with van der Waals surface area (Å²) in [6.45, 7) is 4.00. The maximum atomic E-state index is 12.3. The molecule has 5 heteroatoms. The number of hydrogen-bond acceptors (Lipinski definition) is 2. The quantitative estimate of drug-likeness (QED) is 0.854. The zero-order valence-corrected chi connectivity index (χ0v) is 13.7. The third-order valence-electron chi connectivity index (χ3n) is 3.58. The Morgan fingerprint density at radius 3 is 2.65 bits per heavy atom. The summed E-state index contributed by atoms with van der Waals surface area (Å²) in [6, 6.07) is 17.0. The Hall–Kier alpha value is -2.35. The van der Waals surface area contributed by atoms with Crippen molar-refractivity contribution in [2.75, 3.05) is 18.4 Å². The van der Waals surface area contributed by atoms with Crippen LogP contribution in [0.25, 0.3) is 0 Å². The lowest BCUT2D eigenvalue weighted by molar-refractivity contribution is -0.903. The third kappa shape index (κ3) is 5.10. The lowest BCUT2D eigenvalue weighted by atomic mass is 10.2. The van der Waals surface area contributed by atoms with E-state index in [-0.39, 0.29) is 5.91 Å². The van der Waals surface area contributed by atoms with Crippen LogP contribution in [0.3, 0.4) is 0 Å². The molecule has 0 heterocycles. The molecule has 4 nitrogen and oxygen atoms in total. The first-order valence-electron chi connectivity index (χ1n) is 7.49. The molecule has 2 aromatic rings. The minimum absolute atomic E-state index is 0.128. The van der Waals surface area contributed by atoms with Crippen molar-refractivity contribution in [2.45, 2.75) is 13.5 Å². The Bertz CT molecular complexity index is 710. The van der Waals surface area contributed by atoms with E-state index < -0.39 is 0 Å². The fraction of sp³-hybridized carbons (Fsp3) is 0.222. The van der Waals surface area contributed by atoms with E-state index in [0.717, 1.165) is 18.0 Å². The Balaban J connectivity index is 2.00. The fourth-order valence-electron chi connectivity index (χ4n) is 2.34. The predicted molar refractivity (Wildman–Crippen MR) is 91.3 cm³/mol. The summed E-state index contributed by atoms with van der Waals surface area (Å²) in [5.41, 5.74) is 2.06. The highest BCUT2D eigenvalue weighted by atomic mass is 35.5. The van der Waals surface area contributed by atoms with Crippen LogP contribution in [0.1, 0.15) is 18.1 Å². The summed E-state index contributed by atoms with van der Waals surface area (Å²) in [5, 5.41) is 12.4. The number of benzene rings is 2. The summed E-state index contributed by atoms with van der Waals surface area (Å²) in [6.07, 6.45) is 0. The van der Waals surface area contributed by atoms with Crippen molar-refractivity contribution >= 4 is 23.2 Å². The van der Waals surface area contributed by atoms with Crippen molar-refractivity contribution in [1.82, 2.24) is 0 Å². The van der Waals surface area contributed by atoms with Crippen molar-refractivity contribution < 1.29 is 9.69 Å². The van der Waals surface area contributed by atoms with Gasteiger partial charge in [-0.25, -0.2) is 0 Å². The van der Waals surface area contributed by atoms with Gasteiger partial charge in [0.15, 0.2) is 6.54 Å². The van der Waals surface area contributed by atoms with E-state index in [0.29, 0.717) is 22.8 Å². The van der Waals surface area contributed by atoms with E-state index in [1.165, 1.54) is 5.56 Å². The summed E-state index contributed by atoms with van der Waals surface area (Å²) in [4.78, 5) is 13.4. The summed E-state index contributed by atoms with van der Waals surface area (Å²) >= 11 is 5.93. The number of anilines is 1. The normalized spacial score (nSPS) is 11.5. The van der Waals surface area contributed by atoms with Gasteiger partial charge in [0.1, 0.15) is 12.6 Å². The standard InChI is InChI=1S/C18H18ClN3O/c1-2-22(12-14-6-4-3-5-7-14)13-18(23)21-17-10-16(19)9-8-15(17)11-20/h3-10H,2,12-13H2,1H3,(H,21,23)/p+1. The number of nitrogens with zero attached hydrogens (tertiary/aromatic N) is 1. The maximum absolute atomic E-state index is 12.3. The van der Waals surface area contributed by atoms with Crippen LogP contribution in [0.2, 0.25) is 5.02 Å². The molecule has 0 saturated heterocycles. The van der Waals surface area contributed by atoms with Crippen LogP contribution in [-0.2, 0) is 11.3 Å². The van der Waals surface area contributed by atoms with Crippen molar-refractivity contribution in [3.63, 3.8) is 0 Å². The lowest BCUT2D eigenvalue weighted by Gasteiger charge is -2.17. The minimum Gasteiger partial charge on any atom is -0.324 e. The first kappa shape index (κ1) is 17.0. The molecule has 0 bridgehead atoms. The van der Waals surface area contributed by atoms with Crippen molar-refractivity contribution in [3.8, 4) is 6.07 Å². The molecule has 2 N–H and O–H groups in total. The number of carbonyl (C=O) groups excluding carboxylic acids is 1. The second kappa shape index (κ2) is 8.33. The molecule has 0 saturated carbocycles. The monoisotopic (exact) mass is 328 g/mol. The van der Waals surface area contributed by atoms with Gasteiger partial charge in [-0.05, 0) is 25.1 Å². The maximum Gasteiger partial charge on any atom is 0.279 e. The van der Waals surface area contributed by atoms with Gasteiger partial charge in [0.25, 0.3) is 5.91 Å². The molecule has 0 radical (unpaired) electrons. The Kier molecular flexibility index (Phi) is 6.16. The van der Waals surface area contributed by atoms with E-state index in [2.05, 4.69) is 23.5 Å². The molecule has 0 aliphatic carbocycles. The Labute approximate surface area is 141 Å². The number of rotatable bonds is 6. The lowest BCUT2D eigenvalue weighted by Crippen LogP contribution is -3.11. The summed E-state index contributed by atoms with van der Waals surface area (Å²) < 4.78 is 0. The number of halogens is 1. The Morgan fingerprint density at radius 2 is 2.00 bits per heavy atom. The number of likely N-dealkylation sites (N-methyl/N-ethyl adjacent to an activating group) is 1. The van der Waals surface area contributed by atoms with Crippen molar-refractivity contribution in [1.29, 1.82) is 5.26 Å². The molecule has 0 aliphatic rings. The molecule has 23 heavy (non-hydrogen) atoms. The van der Waals surface area contributed by atoms with Gasteiger partial charge in [-0.2, -0.15) is 5.26 Å². The number of nitriles is 1. The third-order valence-corrected chi connectivity index (χ3v) is 3.82. The van der Waals surface area contributed by atoms with Gasteiger partial charge >= 0.3 is 0 Å². The molecule has 0 fully saturated rings. The zero-order chi connectivity index (χ0) is 16.7. The van der Waals surface area contributed by atoms with Gasteiger partial charge in [-0.1, -0.05) is 41.9 Å². The van der Waals surface area contributed by atoms with Gasteiger partial charge in [0.2, 0.25) is 0 Å². The van der Waals surface area contributed by atoms with Crippen LogP contribution in [0.15, 0.2) is 48.5 Å². The van der Waals surface area contributed by atoms with E-state index in [4.69, 9.17) is 16.9 Å². The number of amides is 1. The SMILES string of the molecule is CC[NH+](CC(=O)Nc1cc(Cl)ccc1C#N)Cc1ccccc1. The molecule has 1 unspecified atom stereocenters. The Morgan fingerprint density at radius 1 is 1.26 bits per heavy atom. The van der Waals surface area contributed by atoms with Crippen LogP contribution in [-0.4, -0.2) is 19.0 Å². The van der Waals surface area contributed by atoms with E-state index in [1.807, 2.05) is 25.1 Å². The first-order chi connectivity index (χ1) is 11.1. The van der Waals surface area contributed by atoms with Gasteiger partial charge in [-0.15, -0.1) is 0 Å². The molecule has 0 spiro atoms. The smallest absolute Gasteiger partial charge is 0.279 e. The average Bonchev–Trinajstić information content (AvgIpc) is 2.55. The molecule has 2 aromatic carbocycles. The van der Waals surface area contributed by atoms with Crippen LogP contribution in [0, 0.1) is 11.3 Å². The molecule has 0 aromatic heterocycles. The summed E-state index contributed by atoms with van der Waals surface area (Å²) in [5.74, 6) is -0.128. The van der Waals surface area contributed by atoms with Gasteiger partial charge in [0.05, 0.1) is 17.8 Å². The number of quaternary nitrogens is 1. The topological polar surface area (TPSA) is 57.3 Å². The fourth-order valence-corrected chi connectivity index (χ4v) is 2.51. The van der Waals surface area contributed by atoms with Crippen LogP contribution in [0.4, 0.5) is 5.69 Å². The van der Waals surface area contributed by atoms with Crippen molar-refractivity contribution in [2.24, 2.45) is 0 Å². The number of hydrogen-bond donors (Lipinski definition) is 2. The molecule has 118 valence electrons. The highest BCUT2D eigenvalue weighted by Crippen LogP contribution is 2.20. The number of carbonyl (C=O) groups is 1. The average molecular weight is 329 g/mol. The van der Waals surface area contributed by atoms with Gasteiger partial charge in [-0.3, -0.25) is 4.79 Å². The minimum atomic E-state index is -0.128. The van der Waals surface area contributed by atoms with E-state index >= 15 is 0 Å². The highest BCUT2D eigenvalue weighted by Gasteiger charge is 2.15. The molecule has 0 aliphatic heterocycles. The van der Waals surface area contributed by atoms with E-state index in [9.17, 15) is 4.79 Å². The second-order valence-corrected chi connectivity index (χ2v) is 5.73. The second-order valence-electron chi connectivity index (χ2n) is 5.29. The number of nitrogens with one attached hydrogen (secondary N) is 2. The van der Waals surface area contributed by atoms with Gasteiger partial charge < -0.3 is 10.2 Å². The largest absolute Gasteiger partial charge is 0.324 e. The zero-order valence-electron chi connectivity index (χ0n) is 13.0. The molecule has 2 rings (SSSR count). The predicted octanol–water partition coefficient (Wildman–Crippen LogP) is 2.26. The molecule has 1 atom stereocenters. The molecular weight excluding hydrogens is 310 g/mol. The van der Waals surface area contributed by atoms with Crippen LogP contribution >= 0.6 is 11.6 Å². The van der Waals surface area contributed by atoms with Crippen molar-refractivity contribution in [3.05, 3.63) is 64.7 Å². The van der Waals surface area contributed by atoms with Crippen LogP contribution < -0.4 is 10.2 Å².